The van der Waals surface area contributed by atoms with Crippen molar-refractivity contribution in [3.63, 3.8) is 0 Å². The number of hydrogen-bond acceptors (Lipinski definition) is 1. The Labute approximate surface area is 118 Å². The Kier molecular flexibility index (Phi) is 4.57. The molecule has 2 aromatic carbocycles. The van der Waals surface area contributed by atoms with Gasteiger partial charge in [-0.1, -0.05) is 6.92 Å². The number of nitrogens with one attached hydrogen (secondary N) is 1. The van der Waals surface area contributed by atoms with Gasteiger partial charge in [-0.3, -0.25) is 0 Å². The average Bonchev–Trinajstić information content (AvgIpc) is 2.44. The monoisotopic (exact) mass is 301 g/mol. The minimum Gasteiger partial charge on any atom is -0.306 e. The van der Waals surface area contributed by atoms with Crippen LogP contribution in [0.3, 0.4) is 0 Å². The summed E-state index contributed by atoms with van der Waals surface area (Å²) < 4.78 is 66.8. The molecule has 0 aliphatic carbocycles. The van der Waals surface area contributed by atoms with Crippen LogP contribution >= 0.6 is 0 Å². The number of halogens is 5. The second kappa shape index (κ2) is 6.22. The van der Waals surface area contributed by atoms with E-state index in [2.05, 4.69) is 5.32 Å². The largest absolute Gasteiger partial charge is 0.306 e. The van der Waals surface area contributed by atoms with Gasteiger partial charge in [-0.25, -0.2) is 22.0 Å². The van der Waals surface area contributed by atoms with E-state index < -0.39 is 35.1 Å². The predicted octanol–water partition coefficient (Wildman–Crippen LogP) is 4.08. The van der Waals surface area contributed by atoms with E-state index in [-0.39, 0.29) is 11.1 Å². The van der Waals surface area contributed by atoms with Gasteiger partial charge in [0.15, 0.2) is 17.5 Å². The van der Waals surface area contributed by atoms with Crippen molar-refractivity contribution in [1.82, 2.24) is 5.32 Å². The molecular formula is C15H12F5N. The van der Waals surface area contributed by atoms with E-state index in [1.54, 1.807) is 6.92 Å². The third kappa shape index (κ3) is 3.21. The molecule has 112 valence electrons. The first-order chi connectivity index (χ1) is 9.93. The van der Waals surface area contributed by atoms with E-state index in [4.69, 9.17) is 0 Å². The molecular weight excluding hydrogens is 289 g/mol. The maximum atomic E-state index is 13.8. The Balaban J connectivity index is 2.56. The van der Waals surface area contributed by atoms with Gasteiger partial charge in [0.05, 0.1) is 6.04 Å². The normalized spacial score (nSPS) is 12.5. The summed E-state index contributed by atoms with van der Waals surface area (Å²) >= 11 is 0. The number of rotatable bonds is 4. The van der Waals surface area contributed by atoms with Crippen molar-refractivity contribution >= 4 is 0 Å². The molecule has 0 amide bonds. The van der Waals surface area contributed by atoms with Crippen LogP contribution in [0.2, 0.25) is 0 Å². The molecule has 1 atom stereocenters. The van der Waals surface area contributed by atoms with Crippen LogP contribution in [-0.4, -0.2) is 6.54 Å². The smallest absolute Gasteiger partial charge is 0.194 e. The van der Waals surface area contributed by atoms with Crippen LogP contribution in [0, 0.1) is 29.1 Å². The van der Waals surface area contributed by atoms with Gasteiger partial charge in [0, 0.05) is 5.56 Å². The predicted molar refractivity (Wildman–Crippen MR) is 68.2 cm³/mol. The Morgan fingerprint density at radius 2 is 1.52 bits per heavy atom. The van der Waals surface area contributed by atoms with Gasteiger partial charge in [-0.2, -0.15) is 0 Å². The molecule has 0 aliphatic heterocycles. The van der Waals surface area contributed by atoms with Gasteiger partial charge in [0.2, 0.25) is 0 Å². The molecule has 1 N–H and O–H groups in total. The lowest BCUT2D eigenvalue weighted by Crippen LogP contribution is -2.23. The zero-order chi connectivity index (χ0) is 15.6. The lowest BCUT2D eigenvalue weighted by Gasteiger charge is -2.20. The minimum absolute atomic E-state index is 0.0299. The second-order valence-electron chi connectivity index (χ2n) is 4.46. The van der Waals surface area contributed by atoms with E-state index in [9.17, 15) is 22.0 Å². The molecule has 2 aromatic rings. The molecule has 0 radical (unpaired) electrons. The standard InChI is InChI=1S/C15H12F5N/c1-2-21-15(10-7-9(16)3-4-11(10)17)8-5-12(18)14(20)13(19)6-8/h3-7,15,21H,2H2,1H3. The Hall–Kier alpha value is -1.95. The molecule has 2 rings (SSSR count). The summed E-state index contributed by atoms with van der Waals surface area (Å²) in [6.07, 6.45) is 0. The molecule has 0 bridgehead atoms. The lowest BCUT2D eigenvalue weighted by molar-refractivity contribution is 0.442. The van der Waals surface area contributed by atoms with Crippen LogP contribution < -0.4 is 5.32 Å². The zero-order valence-electron chi connectivity index (χ0n) is 11.1. The van der Waals surface area contributed by atoms with Crippen molar-refractivity contribution in [2.45, 2.75) is 13.0 Å². The van der Waals surface area contributed by atoms with Crippen LogP contribution in [0.1, 0.15) is 24.1 Å². The summed E-state index contributed by atoms with van der Waals surface area (Å²) in [5.74, 6) is -5.78. The van der Waals surface area contributed by atoms with Crippen LogP contribution in [0.5, 0.6) is 0 Å². The Bertz CT molecular complexity index is 634. The van der Waals surface area contributed by atoms with Gasteiger partial charge < -0.3 is 5.32 Å². The average molecular weight is 301 g/mol. The highest BCUT2D eigenvalue weighted by molar-refractivity contribution is 5.34. The molecule has 21 heavy (non-hydrogen) atoms. The number of benzene rings is 2. The first kappa shape index (κ1) is 15.4. The highest BCUT2D eigenvalue weighted by atomic mass is 19.2. The summed E-state index contributed by atoms with van der Waals surface area (Å²) in [5.41, 5.74) is -0.139. The second-order valence-corrected chi connectivity index (χ2v) is 4.46. The minimum atomic E-state index is -1.60. The van der Waals surface area contributed by atoms with E-state index >= 15 is 0 Å². The molecule has 0 aromatic heterocycles. The summed E-state index contributed by atoms with van der Waals surface area (Å²) in [6, 6.07) is 3.32. The number of hydrogen-bond donors (Lipinski definition) is 1. The Morgan fingerprint density at radius 1 is 0.905 bits per heavy atom. The van der Waals surface area contributed by atoms with E-state index in [1.165, 1.54) is 0 Å². The van der Waals surface area contributed by atoms with Crippen molar-refractivity contribution in [2.75, 3.05) is 6.54 Å². The van der Waals surface area contributed by atoms with Crippen LogP contribution in [0.25, 0.3) is 0 Å². The highest BCUT2D eigenvalue weighted by Crippen LogP contribution is 2.27. The molecule has 0 saturated heterocycles. The van der Waals surface area contributed by atoms with E-state index in [0.717, 1.165) is 30.3 Å². The van der Waals surface area contributed by atoms with Crippen molar-refractivity contribution in [3.8, 4) is 0 Å². The van der Waals surface area contributed by atoms with Crippen LogP contribution in [0.15, 0.2) is 30.3 Å². The van der Waals surface area contributed by atoms with E-state index in [0.29, 0.717) is 6.54 Å². The lowest BCUT2D eigenvalue weighted by atomic mass is 9.97. The summed E-state index contributed by atoms with van der Waals surface area (Å²) in [7, 11) is 0. The molecule has 6 heteroatoms. The van der Waals surface area contributed by atoms with Gasteiger partial charge in [-0.05, 0) is 42.4 Å². The third-order valence-corrected chi connectivity index (χ3v) is 3.02. The molecule has 1 nitrogen and oxygen atoms in total. The van der Waals surface area contributed by atoms with Gasteiger partial charge in [0.25, 0.3) is 0 Å². The third-order valence-electron chi connectivity index (χ3n) is 3.02. The quantitative estimate of drug-likeness (QED) is 0.663. The highest BCUT2D eigenvalue weighted by Gasteiger charge is 2.21. The molecule has 0 aliphatic rings. The first-order valence-corrected chi connectivity index (χ1v) is 6.26. The van der Waals surface area contributed by atoms with Crippen molar-refractivity contribution in [2.24, 2.45) is 0 Å². The topological polar surface area (TPSA) is 12.0 Å². The fourth-order valence-electron chi connectivity index (χ4n) is 2.09. The molecule has 1 unspecified atom stereocenters. The molecule has 0 spiro atoms. The Morgan fingerprint density at radius 3 is 2.10 bits per heavy atom. The molecule has 0 heterocycles. The van der Waals surface area contributed by atoms with Crippen LogP contribution in [-0.2, 0) is 0 Å². The van der Waals surface area contributed by atoms with Gasteiger partial charge in [0.1, 0.15) is 11.6 Å². The molecule has 0 saturated carbocycles. The fraction of sp³-hybridized carbons (Fsp3) is 0.200. The summed E-state index contributed by atoms with van der Waals surface area (Å²) in [5, 5.41) is 2.79. The van der Waals surface area contributed by atoms with Crippen LogP contribution in [0.4, 0.5) is 22.0 Å². The first-order valence-electron chi connectivity index (χ1n) is 6.26. The maximum Gasteiger partial charge on any atom is 0.194 e. The van der Waals surface area contributed by atoms with E-state index in [1.807, 2.05) is 0 Å². The van der Waals surface area contributed by atoms with Gasteiger partial charge in [-0.15, -0.1) is 0 Å². The molecule has 0 fully saturated rings. The maximum absolute atomic E-state index is 13.8. The fourth-order valence-corrected chi connectivity index (χ4v) is 2.09. The summed E-state index contributed by atoms with van der Waals surface area (Å²) in [4.78, 5) is 0. The summed E-state index contributed by atoms with van der Waals surface area (Å²) in [6.45, 7) is 2.03. The van der Waals surface area contributed by atoms with Crippen molar-refractivity contribution < 1.29 is 22.0 Å². The zero-order valence-corrected chi connectivity index (χ0v) is 11.1. The SMILES string of the molecule is CCNC(c1cc(F)c(F)c(F)c1)c1cc(F)ccc1F. The van der Waals surface area contributed by atoms with Crippen molar-refractivity contribution in [3.05, 3.63) is 70.5 Å². The van der Waals surface area contributed by atoms with Crippen molar-refractivity contribution in [1.29, 1.82) is 0 Å². The van der Waals surface area contributed by atoms with Gasteiger partial charge >= 0.3 is 0 Å².